The van der Waals surface area contributed by atoms with Crippen LogP contribution in [0.1, 0.15) is 20.8 Å². The molecule has 0 saturated carbocycles. The van der Waals surface area contributed by atoms with Crippen LogP contribution in [0, 0.1) is 19.6 Å². The summed E-state index contributed by atoms with van der Waals surface area (Å²) in [5.41, 5.74) is 6.55. The van der Waals surface area contributed by atoms with Gasteiger partial charge in [0.05, 0.1) is 8.49 Å². The van der Waals surface area contributed by atoms with Crippen molar-refractivity contribution in [2.75, 3.05) is 11.9 Å². The Morgan fingerprint density at radius 2 is 2.17 bits per heavy atom. The lowest BCUT2D eigenvalue weighted by atomic mass is 9.88. The minimum absolute atomic E-state index is 0.125. The van der Waals surface area contributed by atoms with E-state index in [0.29, 0.717) is 16.0 Å². The van der Waals surface area contributed by atoms with Crippen molar-refractivity contribution in [1.29, 1.82) is 0 Å². The number of nitrogens with zero attached hydrogens (tertiary/aromatic N) is 1. The van der Waals surface area contributed by atoms with Crippen molar-refractivity contribution in [2.45, 2.75) is 26.3 Å². The van der Waals surface area contributed by atoms with Gasteiger partial charge in [-0.25, -0.2) is 0 Å². The Hall–Kier alpha value is -0.890. The fourth-order valence-electron chi connectivity index (χ4n) is 1.49. The molecule has 3 N–H and O–H groups in total. The molecule has 0 amide bonds. The number of benzene rings is 1. The van der Waals surface area contributed by atoms with Gasteiger partial charge in [-0.1, -0.05) is 13.8 Å². The average molecular weight is 363 g/mol. The van der Waals surface area contributed by atoms with E-state index >= 15 is 0 Å². The second-order valence-corrected chi connectivity index (χ2v) is 5.99. The van der Waals surface area contributed by atoms with Crippen LogP contribution in [-0.4, -0.2) is 17.0 Å². The Labute approximate surface area is 120 Å². The molecular weight excluding hydrogens is 345 g/mol. The topological polar surface area (TPSA) is 81.2 Å². The van der Waals surface area contributed by atoms with Gasteiger partial charge in [0.1, 0.15) is 0 Å². The Kier molecular flexibility index (Phi) is 4.92. The molecule has 0 saturated heterocycles. The Bertz CT molecular complexity index is 451. The molecule has 5 nitrogen and oxygen atoms in total. The number of nitrogens with two attached hydrogens (primary N) is 1. The number of anilines is 1. The normalized spacial score (nSPS) is 14.3. The van der Waals surface area contributed by atoms with Gasteiger partial charge in [-0.3, -0.25) is 10.1 Å². The highest BCUT2D eigenvalue weighted by Crippen LogP contribution is 2.27. The first-order valence-electron chi connectivity index (χ1n) is 5.72. The molecule has 0 radical (unpaired) electrons. The van der Waals surface area contributed by atoms with Gasteiger partial charge in [0.2, 0.25) is 0 Å². The van der Waals surface area contributed by atoms with Crippen molar-refractivity contribution >= 4 is 34.0 Å². The summed E-state index contributed by atoms with van der Waals surface area (Å²) in [7, 11) is 0. The van der Waals surface area contributed by atoms with E-state index in [0.717, 1.165) is 5.69 Å². The number of hydrogen-bond donors (Lipinski definition) is 2. The predicted molar refractivity (Wildman–Crippen MR) is 81.7 cm³/mol. The summed E-state index contributed by atoms with van der Waals surface area (Å²) in [4.78, 5) is 10.4. The summed E-state index contributed by atoms with van der Waals surface area (Å²) < 4.78 is 0.616. The highest BCUT2D eigenvalue weighted by molar-refractivity contribution is 14.1. The monoisotopic (exact) mass is 363 g/mol. The molecule has 0 fully saturated rings. The first-order valence-corrected chi connectivity index (χ1v) is 6.80. The largest absolute Gasteiger partial charge is 0.378 e. The molecule has 0 aliphatic heterocycles. The molecule has 0 aliphatic carbocycles. The molecule has 100 valence electrons. The van der Waals surface area contributed by atoms with E-state index in [4.69, 9.17) is 5.73 Å². The second kappa shape index (κ2) is 5.83. The molecular formula is C12H18IN3O2. The van der Waals surface area contributed by atoms with Gasteiger partial charge in [-0.05, 0) is 47.6 Å². The van der Waals surface area contributed by atoms with Crippen molar-refractivity contribution in [1.82, 2.24) is 0 Å². The highest BCUT2D eigenvalue weighted by Gasteiger charge is 2.26. The van der Waals surface area contributed by atoms with Gasteiger partial charge in [0.25, 0.3) is 5.69 Å². The lowest BCUT2D eigenvalue weighted by molar-refractivity contribution is -0.385. The molecule has 0 bridgehead atoms. The standard InChI is InChI=1S/C12H18IN3O2/c1-8(2)12(3,7-14)15-9-4-5-11(16(17)18)10(13)6-9/h4-6,8,15H,7,14H2,1-3H3. The van der Waals surface area contributed by atoms with Crippen LogP contribution < -0.4 is 11.1 Å². The van der Waals surface area contributed by atoms with E-state index in [1.54, 1.807) is 12.1 Å². The Morgan fingerprint density at radius 1 is 1.56 bits per heavy atom. The van der Waals surface area contributed by atoms with Crippen LogP contribution in [0.4, 0.5) is 11.4 Å². The molecule has 0 spiro atoms. The molecule has 1 atom stereocenters. The summed E-state index contributed by atoms with van der Waals surface area (Å²) in [5, 5.41) is 14.1. The highest BCUT2D eigenvalue weighted by atomic mass is 127. The van der Waals surface area contributed by atoms with E-state index in [1.165, 1.54) is 6.07 Å². The maximum Gasteiger partial charge on any atom is 0.282 e. The first-order chi connectivity index (χ1) is 8.30. The quantitative estimate of drug-likeness (QED) is 0.479. The van der Waals surface area contributed by atoms with E-state index in [2.05, 4.69) is 19.2 Å². The number of nitro groups is 1. The molecule has 1 aromatic rings. The van der Waals surface area contributed by atoms with E-state index in [9.17, 15) is 10.1 Å². The van der Waals surface area contributed by atoms with Crippen LogP contribution in [0.2, 0.25) is 0 Å². The molecule has 1 aromatic carbocycles. The van der Waals surface area contributed by atoms with Crippen LogP contribution in [-0.2, 0) is 0 Å². The third-order valence-corrected chi connectivity index (χ3v) is 4.14. The number of nitrogens with one attached hydrogen (secondary N) is 1. The van der Waals surface area contributed by atoms with Gasteiger partial charge in [0.15, 0.2) is 0 Å². The lowest BCUT2D eigenvalue weighted by Crippen LogP contribution is -2.47. The third-order valence-electron chi connectivity index (χ3n) is 3.27. The van der Waals surface area contributed by atoms with Gasteiger partial charge >= 0.3 is 0 Å². The smallest absolute Gasteiger partial charge is 0.282 e. The molecule has 1 rings (SSSR count). The van der Waals surface area contributed by atoms with Crippen molar-refractivity contribution in [3.8, 4) is 0 Å². The van der Waals surface area contributed by atoms with Gasteiger partial charge in [-0.15, -0.1) is 0 Å². The zero-order chi connectivity index (χ0) is 13.9. The van der Waals surface area contributed by atoms with Crippen molar-refractivity contribution in [3.05, 3.63) is 31.9 Å². The van der Waals surface area contributed by atoms with Crippen LogP contribution in [0.25, 0.3) is 0 Å². The van der Waals surface area contributed by atoms with Crippen LogP contribution in [0.3, 0.4) is 0 Å². The summed E-state index contributed by atoms with van der Waals surface area (Å²) in [6.07, 6.45) is 0. The van der Waals surface area contributed by atoms with Gasteiger partial charge in [-0.2, -0.15) is 0 Å². The SMILES string of the molecule is CC(C)C(C)(CN)Nc1ccc([N+](=O)[O-])c(I)c1. The molecule has 0 aliphatic rings. The molecule has 18 heavy (non-hydrogen) atoms. The van der Waals surface area contributed by atoms with Crippen LogP contribution in [0.15, 0.2) is 18.2 Å². The summed E-state index contributed by atoms with van der Waals surface area (Å²) >= 11 is 1.97. The maximum absolute atomic E-state index is 10.7. The average Bonchev–Trinajstić information content (AvgIpc) is 2.28. The summed E-state index contributed by atoms with van der Waals surface area (Å²) in [6, 6.07) is 5.01. The van der Waals surface area contributed by atoms with Gasteiger partial charge in [0, 0.05) is 23.8 Å². The number of rotatable bonds is 5. The molecule has 6 heteroatoms. The van der Waals surface area contributed by atoms with Crippen molar-refractivity contribution < 1.29 is 4.92 Å². The number of hydrogen-bond acceptors (Lipinski definition) is 4. The minimum atomic E-state index is -0.379. The zero-order valence-corrected chi connectivity index (χ0v) is 12.9. The predicted octanol–water partition coefficient (Wildman–Crippen LogP) is 2.98. The third kappa shape index (κ3) is 3.32. The Morgan fingerprint density at radius 3 is 2.56 bits per heavy atom. The maximum atomic E-state index is 10.7. The van der Waals surface area contributed by atoms with Crippen LogP contribution >= 0.6 is 22.6 Å². The summed E-state index contributed by atoms with van der Waals surface area (Å²) in [5.74, 6) is 0.357. The lowest BCUT2D eigenvalue weighted by Gasteiger charge is -2.34. The van der Waals surface area contributed by atoms with E-state index < -0.39 is 0 Å². The van der Waals surface area contributed by atoms with Crippen molar-refractivity contribution in [3.63, 3.8) is 0 Å². The molecule has 0 aromatic heterocycles. The fraction of sp³-hybridized carbons (Fsp3) is 0.500. The Balaban J connectivity index is 2.99. The van der Waals surface area contributed by atoms with E-state index in [-0.39, 0.29) is 16.1 Å². The van der Waals surface area contributed by atoms with E-state index in [1.807, 2.05) is 29.5 Å². The van der Waals surface area contributed by atoms with Gasteiger partial charge < -0.3 is 11.1 Å². The number of nitro benzene ring substituents is 1. The van der Waals surface area contributed by atoms with Crippen LogP contribution in [0.5, 0.6) is 0 Å². The summed E-state index contributed by atoms with van der Waals surface area (Å²) in [6.45, 7) is 6.73. The minimum Gasteiger partial charge on any atom is -0.378 e. The molecule has 0 heterocycles. The van der Waals surface area contributed by atoms with Crippen molar-refractivity contribution in [2.24, 2.45) is 11.7 Å². The zero-order valence-electron chi connectivity index (χ0n) is 10.7. The second-order valence-electron chi connectivity index (χ2n) is 4.82. The fourth-order valence-corrected chi connectivity index (χ4v) is 2.21. The number of halogens is 1. The first kappa shape index (κ1) is 15.2. The molecule has 1 unspecified atom stereocenters.